The third kappa shape index (κ3) is 12.5. The SMILES string of the molecule is CCCP(=O)(OCCC(C)CC(C)(C)C)SCCN(C(C)C)C(C)C. The molecule has 0 aliphatic heterocycles. The summed E-state index contributed by atoms with van der Waals surface area (Å²) in [4.78, 5) is 2.45. The molecular formula is C20H44NO2PS. The minimum absolute atomic E-state index is 0.346. The highest BCUT2D eigenvalue weighted by atomic mass is 32.7. The van der Waals surface area contributed by atoms with E-state index in [-0.39, 0.29) is 0 Å². The maximum atomic E-state index is 13.1. The zero-order chi connectivity index (χ0) is 19.7. The van der Waals surface area contributed by atoms with Gasteiger partial charge in [-0.15, -0.1) is 0 Å². The summed E-state index contributed by atoms with van der Waals surface area (Å²) in [5, 5.41) is 0. The van der Waals surface area contributed by atoms with E-state index in [0.717, 1.165) is 25.1 Å². The van der Waals surface area contributed by atoms with Crippen molar-refractivity contribution in [3.63, 3.8) is 0 Å². The van der Waals surface area contributed by atoms with Crippen molar-refractivity contribution in [2.45, 2.75) is 93.7 Å². The molecule has 0 spiro atoms. The number of hydrogen-bond donors (Lipinski definition) is 0. The lowest BCUT2D eigenvalue weighted by atomic mass is 9.84. The maximum absolute atomic E-state index is 13.1. The van der Waals surface area contributed by atoms with Gasteiger partial charge < -0.3 is 4.52 Å². The summed E-state index contributed by atoms with van der Waals surface area (Å²) in [6.45, 7) is 19.1. The smallest absolute Gasteiger partial charge is 0.257 e. The Morgan fingerprint density at radius 2 is 1.64 bits per heavy atom. The van der Waals surface area contributed by atoms with Gasteiger partial charge in [-0.3, -0.25) is 9.46 Å². The molecule has 2 atom stereocenters. The van der Waals surface area contributed by atoms with E-state index in [0.29, 0.717) is 36.2 Å². The highest BCUT2D eigenvalue weighted by Gasteiger charge is 2.25. The van der Waals surface area contributed by atoms with Crippen molar-refractivity contribution < 1.29 is 9.09 Å². The lowest BCUT2D eigenvalue weighted by Crippen LogP contribution is -2.38. The van der Waals surface area contributed by atoms with E-state index in [1.54, 1.807) is 11.4 Å². The largest absolute Gasteiger partial charge is 0.321 e. The predicted molar refractivity (Wildman–Crippen MR) is 116 cm³/mol. The first-order chi connectivity index (χ1) is 11.4. The molecule has 0 aromatic heterocycles. The predicted octanol–water partition coefficient (Wildman–Crippen LogP) is 6.92. The summed E-state index contributed by atoms with van der Waals surface area (Å²) >= 11 is 1.57. The summed E-state index contributed by atoms with van der Waals surface area (Å²) in [7, 11) is 0. The van der Waals surface area contributed by atoms with Crippen molar-refractivity contribution in [1.29, 1.82) is 0 Å². The molecular weight excluding hydrogens is 349 g/mol. The molecule has 0 aliphatic carbocycles. The zero-order valence-electron chi connectivity index (χ0n) is 18.3. The Morgan fingerprint density at radius 1 is 1.08 bits per heavy atom. The van der Waals surface area contributed by atoms with Crippen LogP contribution < -0.4 is 0 Å². The van der Waals surface area contributed by atoms with E-state index < -0.39 is 6.57 Å². The molecule has 152 valence electrons. The van der Waals surface area contributed by atoms with E-state index in [4.69, 9.17) is 4.52 Å². The highest BCUT2D eigenvalue weighted by molar-refractivity contribution is 8.56. The normalized spacial score (nSPS) is 16.6. The molecule has 0 aromatic rings. The molecule has 0 aromatic carbocycles. The van der Waals surface area contributed by atoms with Gasteiger partial charge in [0.2, 0.25) is 0 Å². The first-order valence-corrected chi connectivity index (χ1v) is 13.4. The van der Waals surface area contributed by atoms with Crippen LogP contribution in [-0.4, -0.2) is 42.0 Å². The fraction of sp³-hybridized carbons (Fsp3) is 1.00. The van der Waals surface area contributed by atoms with Crippen molar-refractivity contribution in [2.75, 3.05) is 25.1 Å². The van der Waals surface area contributed by atoms with Crippen LogP contribution in [0.4, 0.5) is 0 Å². The third-order valence-electron chi connectivity index (χ3n) is 4.32. The second kappa shape index (κ2) is 12.1. The molecule has 0 amide bonds. The fourth-order valence-corrected chi connectivity index (χ4v) is 7.68. The minimum atomic E-state index is -2.55. The average Bonchev–Trinajstić information content (AvgIpc) is 2.41. The second-order valence-corrected chi connectivity index (χ2v) is 14.1. The molecule has 2 unspecified atom stereocenters. The molecule has 0 radical (unpaired) electrons. The van der Waals surface area contributed by atoms with Crippen molar-refractivity contribution in [3.8, 4) is 0 Å². The number of hydrogen-bond acceptors (Lipinski definition) is 4. The van der Waals surface area contributed by atoms with Crippen molar-refractivity contribution >= 4 is 18.0 Å². The third-order valence-corrected chi connectivity index (χ3v) is 9.24. The summed E-state index contributed by atoms with van der Waals surface area (Å²) in [6.07, 6.45) is 3.78. The van der Waals surface area contributed by atoms with E-state index in [1.165, 1.54) is 6.42 Å². The van der Waals surface area contributed by atoms with Gasteiger partial charge >= 0.3 is 0 Å². The molecule has 5 heteroatoms. The van der Waals surface area contributed by atoms with Crippen LogP contribution in [-0.2, 0) is 9.09 Å². The van der Waals surface area contributed by atoms with Crippen LogP contribution in [0.1, 0.15) is 81.6 Å². The van der Waals surface area contributed by atoms with Gasteiger partial charge in [0.05, 0.1) is 6.61 Å². The zero-order valence-corrected chi connectivity index (χ0v) is 20.0. The van der Waals surface area contributed by atoms with Gasteiger partial charge in [0.25, 0.3) is 6.57 Å². The van der Waals surface area contributed by atoms with Crippen LogP contribution in [0.15, 0.2) is 0 Å². The Kier molecular flexibility index (Phi) is 12.3. The molecule has 3 nitrogen and oxygen atoms in total. The van der Waals surface area contributed by atoms with Gasteiger partial charge in [-0.25, -0.2) is 0 Å². The molecule has 0 fully saturated rings. The Bertz CT molecular complexity index is 386. The van der Waals surface area contributed by atoms with Gasteiger partial charge in [0.15, 0.2) is 0 Å². The standard InChI is InChI=1S/C20H44NO2PS/c1-10-14-24(22,23-13-11-19(6)16-20(7,8)9)25-15-12-21(17(2)3)18(4)5/h17-19H,10-16H2,1-9H3. The summed E-state index contributed by atoms with van der Waals surface area (Å²) in [5.74, 6) is 1.49. The average molecular weight is 394 g/mol. The van der Waals surface area contributed by atoms with Gasteiger partial charge in [0, 0.05) is 30.5 Å². The van der Waals surface area contributed by atoms with Gasteiger partial charge in [-0.05, 0) is 58.3 Å². The van der Waals surface area contributed by atoms with E-state index >= 15 is 0 Å². The summed E-state index contributed by atoms with van der Waals surface area (Å²) in [6, 6.07) is 1.04. The van der Waals surface area contributed by atoms with Gasteiger partial charge in [0.1, 0.15) is 0 Å². The number of nitrogens with zero attached hydrogens (tertiary/aromatic N) is 1. The van der Waals surface area contributed by atoms with E-state index in [1.807, 2.05) is 0 Å². The fourth-order valence-electron chi connectivity index (χ4n) is 3.38. The van der Waals surface area contributed by atoms with Crippen molar-refractivity contribution in [3.05, 3.63) is 0 Å². The topological polar surface area (TPSA) is 29.5 Å². The molecule has 0 saturated heterocycles. The monoisotopic (exact) mass is 393 g/mol. The first-order valence-electron chi connectivity index (χ1n) is 10.0. The van der Waals surface area contributed by atoms with Crippen molar-refractivity contribution in [1.82, 2.24) is 4.90 Å². The molecule has 0 rings (SSSR count). The van der Waals surface area contributed by atoms with Crippen LogP contribution in [0.5, 0.6) is 0 Å². The van der Waals surface area contributed by atoms with Gasteiger partial charge in [-0.2, -0.15) is 0 Å². The Labute approximate surface area is 162 Å². The lowest BCUT2D eigenvalue weighted by molar-refractivity contribution is 0.187. The van der Waals surface area contributed by atoms with Crippen LogP contribution >= 0.6 is 18.0 Å². The van der Waals surface area contributed by atoms with Crippen LogP contribution in [0.25, 0.3) is 0 Å². The van der Waals surface area contributed by atoms with Crippen LogP contribution in [0.2, 0.25) is 0 Å². The number of rotatable bonds is 13. The highest BCUT2D eigenvalue weighted by Crippen LogP contribution is 2.60. The Balaban J connectivity index is 4.42. The minimum Gasteiger partial charge on any atom is -0.321 e. The quantitative estimate of drug-likeness (QED) is 0.318. The second-order valence-electron chi connectivity index (χ2n) is 9.08. The molecule has 0 bridgehead atoms. The van der Waals surface area contributed by atoms with E-state index in [9.17, 15) is 4.57 Å². The molecule has 0 N–H and O–H groups in total. The Morgan fingerprint density at radius 3 is 2.08 bits per heavy atom. The summed E-state index contributed by atoms with van der Waals surface area (Å²) in [5.41, 5.74) is 0.346. The van der Waals surface area contributed by atoms with Crippen LogP contribution in [0.3, 0.4) is 0 Å². The Hall–Kier alpha value is 0.500. The molecule has 0 aliphatic rings. The van der Waals surface area contributed by atoms with Crippen molar-refractivity contribution in [2.24, 2.45) is 11.3 Å². The van der Waals surface area contributed by atoms with Crippen LogP contribution in [0, 0.1) is 11.3 Å². The summed E-state index contributed by atoms with van der Waals surface area (Å²) < 4.78 is 19.1. The first kappa shape index (κ1) is 25.5. The lowest BCUT2D eigenvalue weighted by Gasteiger charge is -2.30. The molecule has 0 heterocycles. The molecule has 25 heavy (non-hydrogen) atoms. The maximum Gasteiger partial charge on any atom is 0.257 e. The van der Waals surface area contributed by atoms with Gasteiger partial charge in [-0.1, -0.05) is 46.0 Å². The molecule has 0 saturated carbocycles. The van der Waals surface area contributed by atoms with E-state index in [2.05, 4.69) is 67.2 Å².